The summed E-state index contributed by atoms with van der Waals surface area (Å²) < 4.78 is 4.76. The van der Waals surface area contributed by atoms with Crippen LogP contribution in [0.15, 0.2) is 218 Å². The molecule has 3 aromatic heterocycles. The third-order valence-electron chi connectivity index (χ3n) is 11.9. The molecule has 0 bridgehead atoms. The molecule has 0 fully saturated rings. The van der Waals surface area contributed by atoms with Crippen LogP contribution in [0.1, 0.15) is 0 Å². The fourth-order valence-corrected chi connectivity index (χ4v) is 9.08. The summed E-state index contributed by atoms with van der Waals surface area (Å²) in [6.07, 6.45) is 0. The van der Waals surface area contributed by atoms with Gasteiger partial charge >= 0.3 is 0 Å². The van der Waals surface area contributed by atoms with Crippen molar-refractivity contribution >= 4 is 54.5 Å². The standard InChI is InChI=1S/C56H36N4/c1-4-14-37(15-5-1)40-26-31-53-48(34-40)49-36-42(41-27-32-52-47(35-41)45-20-11-13-23-51(45)59(52)43-18-8-3-9-19-43)28-33-54(49)60(53)44-29-24-39(25-30-44)56-57-50-22-12-10-21-46(50)55(58-56)38-16-6-2-7-17-38/h1-36H. The van der Waals surface area contributed by atoms with E-state index in [1.165, 1.54) is 54.8 Å². The molecule has 280 valence electrons. The molecule has 4 heteroatoms. The first-order valence-electron chi connectivity index (χ1n) is 20.4. The number of hydrogen-bond donors (Lipinski definition) is 0. The van der Waals surface area contributed by atoms with E-state index < -0.39 is 0 Å². The molecule has 0 atom stereocenters. The number of nitrogens with zero attached hydrogens (tertiary/aromatic N) is 4. The molecule has 9 aromatic carbocycles. The van der Waals surface area contributed by atoms with E-state index in [1.54, 1.807) is 0 Å². The van der Waals surface area contributed by atoms with Crippen LogP contribution in [0, 0.1) is 0 Å². The van der Waals surface area contributed by atoms with Gasteiger partial charge in [0.15, 0.2) is 5.82 Å². The largest absolute Gasteiger partial charge is 0.309 e. The second kappa shape index (κ2) is 13.8. The van der Waals surface area contributed by atoms with Crippen molar-refractivity contribution in [1.29, 1.82) is 0 Å². The summed E-state index contributed by atoms with van der Waals surface area (Å²) >= 11 is 0. The molecule has 12 aromatic rings. The molecule has 3 heterocycles. The lowest BCUT2D eigenvalue weighted by Gasteiger charge is -2.12. The fraction of sp³-hybridized carbons (Fsp3) is 0. The summed E-state index contributed by atoms with van der Waals surface area (Å²) in [5.74, 6) is 0.710. The van der Waals surface area contributed by atoms with Crippen LogP contribution >= 0.6 is 0 Å². The van der Waals surface area contributed by atoms with Crippen LogP contribution in [0.4, 0.5) is 0 Å². The van der Waals surface area contributed by atoms with Crippen LogP contribution in [-0.2, 0) is 0 Å². The van der Waals surface area contributed by atoms with Crippen molar-refractivity contribution in [2.45, 2.75) is 0 Å². The van der Waals surface area contributed by atoms with Crippen LogP contribution in [0.2, 0.25) is 0 Å². The van der Waals surface area contributed by atoms with Gasteiger partial charge in [-0.25, -0.2) is 9.97 Å². The highest BCUT2D eigenvalue weighted by molar-refractivity contribution is 6.13. The molecular weight excluding hydrogens is 729 g/mol. The lowest BCUT2D eigenvalue weighted by Crippen LogP contribution is -1.97. The van der Waals surface area contributed by atoms with Gasteiger partial charge in [0.2, 0.25) is 0 Å². The normalized spacial score (nSPS) is 11.7. The molecule has 0 aliphatic carbocycles. The van der Waals surface area contributed by atoms with E-state index in [2.05, 4.69) is 215 Å². The molecule has 12 rings (SSSR count). The van der Waals surface area contributed by atoms with Crippen molar-refractivity contribution in [3.05, 3.63) is 218 Å². The molecule has 0 aliphatic rings. The van der Waals surface area contributed by atoms with Crippen molar-refractivity contribution in [2.75, 3.05) is 0 Å². The highest BCUT2D eigenvalue weighted by Crippen LogP contribution is 2.40. The number of aromatic nitrogens is 4. The van der Waals surface area contributed by atoms with Crippen LogP contribution in [0.25, 0.3) is 111 Å². The molecule has 0 saturated heterocycles. The highest BCUT2D eigenvalue weighted by atomic mass is 15.0. The maximum atomic E-state index is 5.14. The van der Waals surface area contributed by atoms with Gasteiger partial charge in [-0.1, -0.05) is 133 Å². The van der Waals surface area contributed by atoms with E-state index in [1.807, 2.05) is 12.1 Å². The molecule has 0 amide bonds. The van der Waals surface area contributed by atoms with E-state index >= 15 is 0 Å². The quantitative estimate of drug-likeness (QED) is 0.169. The maximum absolute atomic E-state index is 5.14. The van der Waals surface area contributed by atoms with Crippen LogP contribution in [-0.4, -0.2) is 19.1 Å². The van der Waals surface area contributed by atoms with Crippen molar-refractivity contribution in [3.8, 4) is 56.3 Å². The van der Waals surface area contributed by atoms with Gasteiger partial charge in [0.1, 0.15) is 0 Å². The summed E-state index contributed by atoms with van der Waals surface area (Å²) in [4.78, 5) is 10.2. The van der Waals surface area contributed by atoms with Gasteiger partial charge in [0.05, 0.1) is 33.3 Å². The Balaban J connectivity index is 1.01. The maximum Gasteiger partial charge on any atom is 0.160 e. The third kappa shape index (κ3) is 5.53. The van der Waals surface area contributed by atoms with Crippen molar-refractivity contribution < 1.29 is 0 Å². The van der Waals surface area contributed by atoms with E-state index in [0.29, 0.717) is 5.82 Å². The first-order chi connectivity index (χ1) is 29.7. The number of para-hydroxylation sites is 3. The summed E-state index contributed by atoms with van der Waals surface area (Å²) in [5.41, 5.74) is 15.6. The topological polar surface area (TPSA) is 35.6 Å². The first kappa shape index (κ1) is 34.0. The van der Waals surface area contributed by atoms with Crippen LogP contribution < -0.4 is 0 Å². The number of fused-ring (bicyclic) bond motifs is 7. The zero-order valence-electron chi connectivity index (χ0n) is 32.6. The SMILES string of the molecule is c1ccc(-c2ccc3c(c2)c2cc(-c4ccc5c(c4)c4ccccc4n5-c4ccccc4)ccc2n3-c2ccc(-c3nc(-c4ccccc4)c4ccccc4n3)cc2)cc1. The molecule has 0 radical (unpaired) electrons. The first-order valence-corrected chi connectivity index (χ1v) is 20.4. The lowest BCUT2D eigenvalue weighted by molar-refractivity contribution is 1.17. The number of rotatable bonds is 6. The Kier molecular flexibility index (Phi) is 7.82. The molecule has 0 spiro atoms. The van der Waals surface area contributed by atoms with Gasteiger partial charge in [-0.2, -0.15) is 0 Å². The zero-order valence-corrected chi connectivity index (χ0v) is 32.6. The Morgan fingerprint density at radius 1 is 0.267 bits per heavy atom. The molecule has 60 heavy (non-hydrogen) atoms. The number of hydrogen-bond acceptors (Lipinski definition) is 2. The van der Waals surface area contributed by atoms with Gasteiger partial charge in [0.25, 0.3) is 0 Å². The molecule has 0 unspecified atom stereocenters. The minimum atomic E-state index is 0.710. The Morgan fingerprint density at radius 3 is 1.32 bits per heavy atom. The average molecular weight is 765 g/mol. The second-order valence-corrected chi connectivity index (χ2v) is 15.4. The van der Waals surface area contributed by atoms with Crippen LogP contribution in [0.5, 0.6) is 0 Å². The van der Waals surface area contributed by atoms with Gasteiger partial charge < -0.3 is 9.13 Å². The Hall–Kier alpha value is -8.08. The monoisotopic (exact) mass is 764 g/mol. The van der Waals surface area contributed by atoms with Gasteiger partial charge in [-0.3, -0.25) is 0 Å². The van der Waals surface area contributed by atoms with Gasteiger partial charge in [-0.15, -0.1) is 0 Å². The van der Waals surface area contributed by atoms with E-state index in [9.17, 15) is 0 Å². The Labute approximate surface area is 346 Å². The molecule has 4 nitrogen and oxygen atoms in total. The zero-order chi connectivity index (χ0) is 39.6. The highest BCUT2D eigenvalue weighted by Gasteiger charge is 2.18. The Morgan fingerprint density at radius 2 is 0.700 bits per heavy atom. The van der Waals surface area contributed by atoms with Crippen molar-refractivity contribution in [2.24, 2.45) is 0 Å². The molecule has 0 aliphatic heterocycles. The van der Waals surface area contributed by atoms with Crippen molar-refractivity contribution in [1.82, 2.24) is 19.1 Å². The summed E-state index contributed by atoms with van der Waals surface area (Å²) in [5, 5.41) is 5.96. The molecule has 0 saturated carbocycles. The van der Waals surface area contributed by atoms with E-state index in [-0.39, 0.29) is 0 Å². The fourth-order valence-electron chi connectivity index (χ4n) is 9.08. The summed E-state index contributed by atoms with van der Waals surface area (Å²) in [7, 11) is 0. The summed E-state index contributed by atoms with van der Waals surface area (Å²) in [6.45, 7) is 0. The minimum Gasteiger partial charge on any atom is -0.309 e. The van der Waals surface area contributed by atoms with Gasteiger partial charge in [0, 0.05) is 49.4 Å². The van der Waals surface area contributed by atoms with Crippen LogP contribution in [0.3, 0.4) is 0 Å². The molecule has 0 N–H and O–H groups in total. The second-order valence-electron chi connectivity index (χ2n) is 15.4. The Bertz CT molecular complexity index is 3570. The van der Waals surface area contributed by atoms with E-state index in [4.69, 9.17) is 9.97 Å². The number of benzene rings is 9. The summed E-state index contributed by atoms with van der Waals surface area (Å²) in [6, 6.07) is 78.1. The van der Waals surface area contributed by atoms with Gasteiger partial charge in [-0.05, 0) is 107 Å². The average Bonchev–Trinajstić information content (AvgIpc) is 3.84. The molecular formula is C56H36N4. The predicted octanol–water partition coefficient (Wildman–Crippen LogP) is 14.5. The van der Waals surface area contributed by atoms with E-state index in [0.717, 1.165) is 50.1 Å². The lowest BCUT2D eigenvalue weighted by atomic mass is 9.99. The third-order valence-corrected chi connectivity index (χ3v) is 11.9. The minimum absolute atomic E-state index is 0.710. The van der Waals surface area contributed by atoms with Crippen molar-refractivity contribution in [3.63, 3.8) is 0 Å². The predicted molar refractivity (Wildman–Crippen MR) is 250 cm³/mol. The smallest absolute Gasteiger partial charge is 0.160 e.